The minimum Gasteiger partial charge on any atom is -0.473 e. The van der Waals surface area contributed by atoms with Crippen LogP contribution in [0.1, 0.15) is 27.2 Å². The molecule has 0 aliphatic heterocycles. The van der Waals surface area contributed by atoms with Crippen molar-refractivity contribution in [3.05, 3.63) is 0 Å². The average molecular weight is 284 g/mol. The minimum atomic E-state index is -2.83. The van der Waals surface area contributed by atoms with Gasteiger partial charge in [0, 0.05) is 19.8 Å². The van der Waals surface area contributed by atoms with Gasteiger partial charge in [0.25, 0.3) is 5.97 Å². The Morgan fingerprint density at radius 2 is 1.69 bits per heavy atom. The van der Waals surface area contributed by atoms with Gasteiger partial charge in [-0.1, -0.05) is 0 Å². The highest BCUT2D eigenvalue weighted by Crippen LogP contribution is 2.24. The van der Waals surface area contributed by atoms with Crippen molar-refractivity contribution in [2.45, 2.75) is 37.8 Å². The molecule has 0 heterocycles. The number of hydrogen-bond donors (Lipinski definition) is 2. The molecule has 0 aromatic heterocycles. The maximum atomic E-state index is 11.6. The van der Waals surface area contributed by atoms with E-state index < -0.39 is 18.9 Å². The predicted molar refractivity (Wildman–Crippen MR) is 72.0 cm³/mol. The number of rotatable bonds is 7. The van der Waals surface area contributed by atoms with Gasteiger partial charge in [-0.25, -0.2) is 0 Å². The van der Waals surface area contributed by atoms with Gasteiger partial charge in [0.1, 0.15) is 0 Å². The second kappa shape index (κ2) is 6.90. The Morgan fingerprint density at radius 1 is 1.25 bits per heavy atom. The molecule has 4 nitrogen and oxygen atoms in total. The number of carbonyl (C=O) groups is 1. The molecule has 0 aromatic carbocycles. The highest BCUT2D eigenvalue weighted by molar-refractivity contribution is 8.00. The van der Waals surface area contributed by atoms with E-state index in [2.05, 4.69) is 25.3 Å². The van der Waals surface area contributed by atoms with Crippen LogP contribution in [-0.4, -0.2) is 32.1 Å². The monoisotopic (exact) mass is 284 g/mol. The molecule has 0 saturated heterocycles. The topological polar surface area (TPSA) is 44.8 Å². The molecule has 0 aromatic rings. The smallest absolute Gasteiger partial charge is 0.473 e. The van der Waals surface area contributed by atoms with Crippen molar-refractivity contribution in [3.8, 4) is 0 Å². The Labute approximate surface area is 109 Å². The van der Waals surface area contributed by atoms with Crippen LogP contribution < -0.4 is 0 Å². The van der Waals surface area contributed by atoms with Gasteiger partial charge in [0.2, 0.25) is 0 Å². The number of carbonyl (C=O) groups excluding carboxylic acids is 1. The van der Waals surface area contributed by atoms with Crippen LogP contribution in [0.2, 0.25) is 6.55 Å². The molecule has 0 spiro atoms. The molecule has 0 unspecified atom stereocenters. The Balaban J connectivity index is 4.34. The van der Waals surface area contributed by atoms with E-state index >= 15 is 0 Å². The van der Waals surface area contributed by atoms with Crippen molar-refractivity contribution in [1.82, 2.24) is 0 Å². The van der Waals surface area contributed by atoms with E-state index in [1.807, 2.05) is 13.8 Å². The Kier molecular flexibility index (Phi) is 7.03. The van der Waals surface area contributed by atoms with E-state index in [9.17, 15) is 4.79 Å². The summed E-state index contributed by atoms with van der Waals surface area (Å²) in [5, 5.41) is 0. The summed E-state index contributed by atoms with van der Waals surface area (Å²) in [7, 11) is -2.83. The van der Waals surface area contributed by atoms with Crippen molar-refractivity contribution >= 4 is 40.0 Å². The maximum absolute atomic E-state index is 11.6. The van der Waals surface area contributed by atoms with E-state index in [4.69, 9.17) is 13.3 Å². The maximum Gasteiger partial charge on any atom is 0.564 e. The second-order valence-corrected chi connectivity index (χ2v) is 8.43. The van der Waals surface area contributed by atoms with Crippen LogP contribution in [0.5, 0.6) is 0 Å². The molecule has 0 amide bonds. The lowest BCUT2D eigenvalue weighted by Gasteiger charge is -2.25. The van der Waals surface area contributed by atoms with Crippen LogP contribution in [0.25, 0.3) is 0 Å². The molecule has 0 aliphatic rings. The number of thiol groups is 2. The third kappa shape index (κ3) is 7.56. The van der Waals surface area contributed by atoms with Gasteiger partial charge >= 0.3 is 8.80 Å². The zero-order valence-electron chi connectivity index (χ0n) is 10.1. The summed E-state index contributed by atoms with van der Waals surface area (Å²) in [5.41, 5.74) is 0. The van der Waals surface area contributed by atoms with Gasteiger partial charge in [-0.3, -0.25) is 4.79 Å². The summed E-state index contributed by atoms with van der Waals surface area (Å²) in [5.74, 6) is -0.399. The van der Waals surface area contributed by atoms with Crippen molar-refractivity contribution in [2.24, 2.45) is 0 Å². The summed E-state index contributed by atoms with van der Waals surface area (Å²) in [6.07, 6.45) is 0.0992. The normalized spacial score (nSPS) is 12.6. The Bertz CT molecular complexity index is 224. The molecule has 96 valence electrons. The fourth-order valence-electron chi connectivity index (χ4n) is 1.14. The fourth-order valence-corrected chi connectivity index (χ4v) is 3.14. The van der Waals surface area contributed by atoms with Gasteiger partial charge in [0.15, 0.2) is 0 Å². The van der Waals surface area contributed by atoms with Crippen molar-refractivity contribution in [1.29, 1.82) is 0 Å². The summed E-state index contributed by atoms with van der Waals surface area (Å²) >= 11 is 8.29. The molecule has 0 fully saturated rings. The zero-order valence-corrected chi connectivity index (χ0v) is 12.9. The average Bonchev–Trinajstić information content (AvgIpc) is 1.99. The summed E-state index contributed by atoms with van der Waals surface area (Å²) < 4.78 is 15.3. The lowest BCUT2D eigenvalue weighted by atomic mass is 10.3. The first-order valence-corrected chi connectivity index (χ1v) is 8.29. The molecule has 0 bridgehead atoms. The van der Waals surface area contributed by atoms with Crippen LogP contribution in [0.3, 0.4) is 0 Å². The van der Waals surface area contributed by atoms with Gasteiger partial charge < -0.3 is 13.3 Å². The Morgan fingerprint density at radius 3 is 2.00 bits per heavy atom. The van der Waals surface area contributed by atoms with E-state index in [0.717, 1.165) is 0 Å². The van der Waals surface area contributed by atoms with Crippen molar-refractivity contribution in [3.63, 3.8) is 0 Å². The molecule has 0 aliphatic carbocycles. The van der Waals surface area contributed by atoms with Crippen molar-refractivity contribution in [2.75, 3.05) is 13.2 Å². The summed E-state index contributed by atoms with van der Waals surface area (Å²) in [4.78, 5) is 11.6. The molecule has 0 radical (unpaired) electrons. The van der Waals surface area contributed by atoms with Gasteiger partial charge in [0.05, 0.1) is 10.5 Å². The zero-order chi connectivity index (χ0) is 12.8. The van der Waals surface area contributed by atoms with E-state index in [-0.39, 0.29) is 6.42 Å². The molecule has 16 heavy (non-hydrogen) atoms. The quantitative estimate of drug-likeness (QED) is 0.427. The standard InChI is InChI=1S/C9H20O4S2Si/c1-5-11-16(4,12-6-2)13-8(10)7-9(3,14)15/h14-15H,5-7H2,1-4H3. The lowest BCUT2D eigenvalue weighted by molar-refractivity contribution is -0.139. The SMILES string of the molecule is CCO[Si](C)(OCC)OC(=O)CC(C)(S)S. The molecule has 0 saturated carbocycles. The van der Waals surface area contributed by atoms with Gasteiger partial charge in [-0.05, 0) is 20.8 Å². The first-order chi connectivity index (χ1) is 7.22. The van der Waals surface area contributed by atoms with E-state index in [1.165, 1.54) is 0 Å². The van der Waals surface area contributed by atoms with Crippen LogP contribution >= 0.6 is 25.3 Å². The lowest BCUT2D eigenvalue weighted by Crippen LogP contribution is -2.45. The molecular formula is C9H20O4S2Si. The largest absolute Gasteiger partial charge is 0.564 e. The molecule has 0 atom stereocenters. The predicted octanol–water partition coefficient (Wildman–Crippen LogP) is 2.14. The van der Waals surface area contributed by atoms with Crippen LogP contribution in [-0.2, 0) is 18.1 Å². The van der Waals surface area contributed by atoms with Gasteiger partial charge in [-0.2, -0.15) is 25.3 Å². The van der Waals surface area contributed by atoms with Crippen LogP contribution in [0.15, 0.2) is 0 Å². The fraction of sp³-hybridized carbons (Fsp3) is 0.889. The molecular weight excluding hydrogens is 264 g/mol. The first kappa shape index (κ1) is 16.3. The van der Waals surface area contributed by atoms with Crippen molar-refractivity contribution < 1.29 is 18.1 Å². The Hall–Kier alpha value is 0.307. The molecule has 0 N–H and O–H groups in total. The van der Waals surface area contributed by atoms with E-state index in [0.29, 0.717) is 13.2 Å². The van der Waals surface area contributed by atoms with Crippen LogP contribution in [0.4, 0.5) is 0 Å². The highest BCUT2D eigenvalue weighted by atomic mass is 32.2. The minimum absolute atomic E-state index is 0.0992. The highest BCUT2D eigenvalue weighted by Gasteiger charge is 2.39. The second-order valence-electron chi connectivity index (χ2n) is 3.60. The van der Waals surface area contributed by atoms with E-state index in [1.54, 1.807) is 13.5 Å². The summed E-state index contributed by atoms with van der Waals surface area (Å²) in [6.45, 7) is 8.00. The third-order valence-electron chi connectivity index (χ3n) is 1.59. The summed E-state index contributed by atoms with van der Waals surface area (Å²) in [6, 6.07) is 0. The third-order valence-corrected chi connectivity index (χ3v) is 4.13. The molecule has 7 heteroatoms. The number of hydrogen-bond acceptors (Lipinski definition) is 6. The molecule has 0 rings (SSSR count). The first-order valence-electron chi connectivity index (χ1n) is 5.17. The van der Waals surface area contributed by atoms with Crippen LogP contribution in [0, 0.1) is 0 Å². The van der Waals surface area contributed by atoms with Gasteiger partial charge in [-0.15, -0.1) is 0 Å².